The van der Waals surface area contributed by atoms with Gasteiger partial charge in [0.25, 0.3) is 0 Å². The fraction of sp³-hybridized carbons (Fsp3) is 0.214. The first kappa shape index (κ1) is 12.9. The molecule has 18 heavy (non-hydrogen) atoms. The Morgan fingerprint density at radius 1 is 1.28 bits per heavy atom. The lowest BCUT2D eigenvalue weighted by Gasteiger charge is -2.09. The van der Waals surface area contributed by atoms with Gasteiger partial charge in [-0.05, 0) is 37.6 Å². The molecule has 0 bridgehead atoms. The molecule has 3 nitrogen and oxygen atoms in total. The van der Waals surface area contributed by atoms with E-state index in [4.69, 9.17) is 0 Å². The fourth-order valence-corrected chi connectivity index (χ4v) is 2.30. The normalized spacial score (nSPS) is 10.9. The summed E-state index contributed by atoms with van der Waals surface area (Å²) in [5.74, 6) is -0.898. The quantitative estimate of drug-likeness (QED) is 0.923. The number of benzene rings is 1. The smallest absolute Gasteiger partial charge is 0.352 e. The van der Waals surface area contributed by atoms with Gasteiger partial charge in [-0.3, -0.25) is 0 Å². The molecule has 1 aromatic carbocycles. The Hall–Kier alpha value is -1.55. The summed E-state index contributed by atoms with van der Waals surface area (Å²) in [5, 5.41) is 9.20. The van der Waals surface area contributed by atoms with Gasteiger partial charge in [-0.1, -0.05) is 28.1 Å². The van der Waals surface area contributed by atoms with Crippen LogP contribution in [0.3, 0.4) is 0 Å². The molecular weight excluding hydrogens is 294 g/mol. The number of carbonyl (C=O) groups is 1. The summed E-state index contributed by atoms with van der Waals surface area (Å²) in [5.41, 5.74) is 2.24. The molecule has 94 valence electrons. The minimum absolute atomic E-state index is 0.122. The molecule has 0 unspecified atom stereocenters. The zero-order valence-electron chi connectivity index (χ0n) is 10.2. The van der Waals surface area contributed by atoms with Gasteiger partial charge >= 0.3 is 5.97 Å². The third-order valence-electron chi connectivity index (χ3n) is 2.78. The monoisotopic (exact) mass is 307 g/mol. The zero-order valence-corrected chi connectivity index (χ0v) is 11.8. The van der Waals surface area contributed by atoms with Crippen LogP contribution >= 0.6 is 15.9 Å². The molecule has 0 aliphatic rings. The van der Waals surface area contributed by atoms with Crippen LogP contribution in [-0.2, 0) is 0 Å². The molecule has 2 aromatic rings. The van der Waals surface area contributed by atoms with Gasteiger partial charge in [-0.2, -0.15) is 0 Å². The largest absolute Gasteiger partial charge is 0.477 e. The van der Waals surface area contributed by atoms with Crippen molar-refractivity contribution in [2.24, 2.45) is 0 Å². The van der Waals surface area contributed by atoms with Crippen LogP contribution in [-0.4, -0.2) is 15.6 Å². The number of hydrogen-bond donors (Lipinski definition) is 1. The molecule has 1 aromatic heterocycles. The van der Waals surface area contributed by atoms with Crippen molar-refractivity contribution >= 4 is 21.9 Å². The summed E-state index contributed by atoms with van der Waals surface area (Å²) in [6, 6.07) is 9.66. The summed E-state index contributed by atoms with van der Waals surface area (Å²) in [7, 11) is 0. The SMILES string of the molecule is CC(C)n1cc(-c2cccc(Br)c2)cc1C(=O)O. The minimum atomic E-state index is -0.898. The Bertz CT molecular complexity index is 587. The molecule has 0 saturated carbocycles. The molecule has 4 heteroatoms. The zero-order chi connectivity index (χ0) is 13.3. The fourth-order valence-electron chi connectivity index (χ4n) is 1.90. The Morgan fingerprint density at radius 3 is 2.50 bits per heavy atom. The van der Waals surface area contributed by atoms with Gasteiger partial charge in [0.2, 0.25) is 0 Å². The number of hydrogen-bond acceptors (Lipinski definition) is 1. The van der Waals surface area contributed by atoms with Crippen LogP contribution in [0.5, 0.6) is 0 Å². The first-order valence-corrected chi connectivity index (χ1v) is 6.49. The number of nitrogens with zero attached hydrogens (tertiary/aromatic N) is 1. The highest BCUT2D eigenvalue weighted by Crippen LogP contribution is 2.26. The second kappa shape index (κ2) is 4.98. The second-order valence-corrected chi connectivity index (χ2v) is 5.35. The molecule has 0 aliphatic heterocycles. The van der Waals surface area contributed by atoms with Gasteiger partial charge in [-0.25, -0.2) is 4.79 Å². The molecule has 0 spiro atoms. The number of rotatable bonds is 3. The Morgan fingerprint density at radius 2 is 2.00 bits per heavy atom. The second-order valence-electron chi connectivity index (χ2n) is 4.43. The maximum atomic E-state index is 11.2. The van der Waals surface area contributed by atoms with E-state index in [0.717, 1.165) is 15.6 Å². The summed E-state index contributed by atoms with van der Waals surface area (Å²) in [6.45, 7) is 3.94. The van der Waals surface area contributed by atoms with Gasteiger partial charge < -0.3 is 9.67 Å². The van der Waals surface area contributed by atoms with Gasteiger partial charge in [-0.15, -0.1) is 0 Å². The van der Waals surface area contributed by atoms with Gasteiger partial charge in [0.05, 0.1) is 0 Å². The van der Waals surface area contributed by atoms with E-state index in [9.17, 15) is 9.90 Å². The van der Waals surface area contributed by atoms with Crippen molar-refractivity contribution in [3.05, 3.63) is 46.7 Å². The van der Waals surface area contributed by atoms with E-state index in [1.807, 2.05) is 44.3 Å². The lowest BCUT2D eigenvalue weighted by molar-refractivity contribution is 0.0683. The van der Waals surface area contributed by atoms with Crippen LogP contribution in [0.25, 0.3) is 11.1 Å². The lowest BCUT2D eigenvalue weighted by Crippen LogP contribution is -2.09. The van der Waals surface area contributed by atoms with E-state index in [0.29, 0.717) is 5.69 Å². The topological polar surface area (TPSA) is 42.2 Å². The first-order valence-electron chi connectivity index (χ1n) is 5.70. The van der Waals surface area contributed by atoms with Crippen molar-refractivity contribution in [1.82, 2.24) is 4.57 Å². The summed E-state index contributed by atoms with van der Waals surface area (Å²) >= 11 is 3.42. The van der Waals surface area contributed by atoms with Crippen molar-refractivity contribution in [1.29, 1.82) is 0 Å². The van der Waals surface area contributed by atoms with Gasteiger partial charge in [0, 0.05) is 22.3 Å². The highest BCUT2D eigenvalue weighted by atomic mass is 79.9. The van der Waals surface area contributed by atoms with Gasteiger partial charge in [0.1, 0.15) is 5.69 Å². The highest BCUT2D eigenvalue weighted by molar-refractivity contribution is 9.10. The summed E-state index contributed by atoms with van der Waals surface area (Å²) < 4.78 is 2.76. The molecular formula is C14H14BrNO2. The number of aromatic nitrogens is 1. The van der Waals surface area contributed by atoms with Crippen molar-refractivity contribution in [3.8, 4) is 11.1 Å². The Balaban J connectivity index is 2.53. The molecule has 2 rings (SSSR count). The number of carboxylic acids is 1. The van der Waals surface area contributed by atoms with Crippen LogP contribution in [0.1, 0.15) is 30.4 Å². The van der Waals surface area contributed by atoms with Crippen LogP contribution in [0, 0.1) is 0 Å². The van der Waals surface area contributed by atoms with E-state index >= 15 is 0 Å². The van der Waals surface area contributed by atoms with Crippen LogP contribution < -0.4 is 0 Å². The van der Waals surface area contributed by atoms with E-state index in [1.54, 1.807) is 10.6 Å². The van der Waals surface area contributed by atoms with Crippen molar-refractivity contribution in [2.75, 3.05) is 0 Å². The van der Waals surface area contributed by atoms with E-state index in [2.05, 4.69) is 15.9 Å². The van der Waals surface area contributed by atoms with E-state index in [1.165, 1.54) is 0 Å². The highest BCUT2D eigenvalue weighted by Gasteiger charge is 2.15. The number of halogens is 1. The molecule has 0 aliphatic carbocycles. The molecule has 0 radical (unpaired) electrons. The summed E-state index contributed by atoms with van der Waals surface area (Å²) in [4.78, 5) is 11.2. The van der Waals surface area contributed by atoms with E-state index in [-0.39, 0.29) is 6.04 Å². The molecule has 0 atom stereocenters. The molecule has 0 fully saturated rings. The maximum Gasteiger partial charge on any atom is 0.352 e. The average Bonchev–Trinajstić information content (AvgIpc) is 2.73. The van der Waals surface area contributed by atoms with Crippen LogP contribution in [0.15, 0.2) is 41.0 Å². The predicted molar refractivity (Wildman–Crippen MR) is 74.9 cm³/mol. The standard InChI is InChI=1S/C14H14BrNO2/c1-9(2)16-8-11(7-13(16)14(17)18)10-4-3-5-12(15)6-10/h3-9H,1-2H3,(H,17,18). The Labute approximate surface area is 114 Å². The third-order valence-corrected chi connectivity index (χ3v) is 3.28. The number of aromatic carboxylic acids is 1. The van der Waals surface area contributed by atoms with Crippen molar-refractivity contribution in [2.45, 2.75) is 19.9 Å². The average molecular weight is 308 g/mol. The third kappa shape index (κ3) is 2.48. The number of carboxylic acid groups (broad SMARTS) is 1. The van der Waals surface area contributed by atoms with Crippen LogP contribution in [0.2, 0.25) is 0 Å². The van der Waals surface area contributed by atoms with Gasteiger partial charge in [0.15, 0.2) is 0 Å². The molecule has 0 saturated heterocycles. The predicted octanol–water partition coefficient (Wildman–Crippen LogP) is 4.20. The molecule has 1 N–H and O–H groups in total. The lowest BCUT2D eigenvalue weighted by atomic mass is 10.1. The molecule has 1 heterocycles. The summed E-state index contributed by atoms with van der Waals surface area (Å²) in [6.07, 6.45) is 1.88. The van der Waals surface area contributed by atoms with Crippen molar-refractivity contribution < 1.29 is 9.90 Å². The minimum Gasteiger partial charge on any atom is -0.477 e. The van der Waals surface area contributed by atoms with Crippen molar-refractivity contribution in [3.63, 3.8) is 0 Å². The van der Waals surface area contributed by atoms with Crippen LogP contribution in [0.4, 0.5) is 0 Å². The van der Waals surface area contributed by atoms with E-state index < -0.39 is 5.97 Å². The first-order chi connectivity index (χ1) is 8.49. The maximum absolute atomic E-state index is 11.2. The molecule has 0 amide bonds. The Kier molecular flexibility index (Phi) is 3.57.